The van der Waals surface area contributed by atoms with Gasteiger partial charge in [0.05, 0.1) is 0 Å². The summed E-state index contributed by atoms with van der Waals surface area (Å²) < 4.78 is 16.6. The summed E-state index contributed by atoms with van der Waals surface area (Å²) in [5.74, 6) is -1.06. The van der Waals surface area contributed by atoms with Crippen molar-refractivity contribution in [3.05, 3.63) is 122 Å². The second-order valence-electron chi connectivity index (χ2n) is 15.5. The third-order valence-corrected chi connectivity index (χ3v) is 9.63. The molecule has 0 aliphatic carbocycles. The van der Waals surface area contributed by atoms with Crippen LogP contribution in [0.15, 0.2) is 122 Å². The summed E-state index contributed by atoms with van der Waals surface area (Å²) in [5, 5.41) is 0. The molecular formula is C55H86O6. The van der Waals surface area contributed by atoms with Gasteiger partial charge in [0.25, 0.3) is 0 Å². The van der Waals surface area contributed by atoms with Gasteiger partial charge in [0, 0.05) is 19.3 Å². The predicted molar refractivity (Wildman–Crippen MR) is 260 cm³/mol. The van der Waals surface area contributed by atoms with Crippen molar-refractivity contribution in [3.63, 3.8) is 0 Å². The summed E-state index contributed by atoms with van der Waals surface area (Å²) in [5.41, 5.74) is 0. The molecule has 0 aliphatic rings. The largest absolute Gasteiger partial charge is 0.462 e. The van der Waals surface area contributed by atoms with Crippen LogP contribution in [0.1, 0.15) is 188 Å². The van der Waals surface area contributed by atoms with E-state index in [0.29, 0.717) is 19.3 Å². The SMILES string of the molecule is CC\C=C/C=C\C=C/C=C\C=C\C=C/C=C\CCCCCC(=O)OCC(COC(=O)CCCCCCC/C=C\CCCC)OC(=O)CC/C=C\C/C=C\CCCCCCCC. The first-order valence-electron chi connectivity index (χ1n) is 24.1. The molecule has 0 fully saturated rings. The molecule has 0 aromatic rings. The number of esters is 3. The minimum absolute atomic E-state index is 0.124. The van der Waals surface area contributed by atoms with Crippen molar-refractivity contribution in [2.45, 2.75) is 194 Å². The van der Waals surface area contributed by atoms with Gasteiger partial charge in [-0.05, 0) is 77.0 Å². The lowest BCUT2D eigenvalue weighted by Gasteiger charge is -2.18. The van der Waals surface area contributed by atoms with Gasteiger partial charge in [-0.2, -0.15) is 0 Å². The Morgan fingerprint density at radius 3 is 1.28 bits per heavy atom. The van der Waals surface area contributed by atoms with Crippen LogP contribution >= 0.6 is 0 Å². The third kappa shape index (κ3) is 46.7. The molecule has 0 rings (SSSR count). The van der Waals surface area contributed by atoms with Crippen molar-refractivity contribution >= 4 is 17.9 Å². The molecular weight excluding hydrogens is 757 g/mol. The topological polar surface area (TPSA) is 78.9 Å². The standard InChI is InChI=1S/C55H86O6/c1-4-7-10-13-16-19-22-24-25-26-27-28-29-31-33-36-39-42-45-48-54(57)60-51-52(50-59-53(56)47-44-41-38-35-32-21-18-15-12-9-6-3)61-55(58)49-46-43-40-37-34-30-23-20-17-14-11-8-5-2/h7,10,13,15-16,18-19,22,24-31,33-34,40,43,52H,4-6,8-9,11-12,14,17,20-21,23,32,35-39,41-42,44-51H2,1-3H3/b10-7-,16-13-,18-15-,22-19-,25-24-,27-26+,29-28-,33-31-,34-30-,43-40-. The van der Waals surface area contributed by atoms with Crippen molar-refractivity contribution in [2.75, 3.05) is 13.2 Å². The Bertz CT molecular complexity index is 1340. The first kappa shape index (κ1) is 56.8. The van der Waals surface area contributed by atoms with E-state index in [0.717, 1.165) is 70.6 Å². The molecule has 1 unspecified atom stereocenters. The summed E-state index contributed by atoms with van der Waals surface area (Å²) in [6.45, 7) is 6.31. The van der Waals surface area contributed by atoms with E-state index in [2.05, 4.69) is 63.3 Å². The van der Waals surface area contributed by atoms with Gasteiger partial charge < -0.3 is 14.2 Å². The molecule has 0 aliphatic heterocycles. The molecule has 1 atom stereocenters. The number of carbonyl (C=O) groups excluding carboxylic acids is 3. The van der Waals surface area contributed by atoms with Crippen molar-refractivity contribution in [1.82, 2.24) is 0 Å². The molecule has 0 N–H and O–H groups in total. The summed E-state index contributed by atoms with van der Waals surface area (Å²) in [7, 11) is 0. The Morgan fingerprint density at radius 1 is 0.361 bits per heavy atom. The minimum Gasteiger partial charge on any atom is -0.462 e. The monoisotopic (exact) mass is 843 g/mol. The van der Waals surface area contributed by atoms with E-state index >= 15 is 0 Å². The number of ether oxygens (including phenoxy) is 3. The Hall–Kier alpha value is -4.19. The molecule has 0 aromatic heterocycles. The van der Waals surface area contributed by atoms with Gasteiger partial charge >= 0.3 is 17.9 Å². The Labute approximate surface area is 373 Å². The fraction of sp³-hybridized carbons (Fsp3) is 0.582. The highest BCUT2D eigenvalue weighted by Gasteiger charge is 2.19. The van der Waals surface area contributed by atoms with E-state index in [1.807, 2.05) is 79.0 Å². The summed E-state index contributed by atoms with van der Waals surface area (Å²) >= 11 is 0. The highest BCUT2D eigenvalue weighted by molar-refractivity contribution is 5.71. The average molecular weight is 843 g/mol. The number of rotatable bonds is 41. The number of hydrogen-bond acceptors (Lipinski definition) is 6. The van der Waals surface area contributed by atoms with Gasteiger partial charge in [0.2, 0.25) is 0 Å². The van der Waals surface area contributed by atoms with E-state index in [4.69, 9.17) is 14.2 Å². The number of allylic oxidation sites excluding steroid dienone is 20. The maximum Gasteiger partial charge on any atom is 0.306 e. The molecule has 6 heteroatoms. The van der Waals surface area contributed by atoms with E-state index in [1.165, 1.54) is 64.2 Å². The first-order valence-corrected chi connectivity index (χ1v) is 24.1. The average Bonchev–Trinajstić information content (AvgIpc) is 3.26. The third-order valence-electron chi connectivity index (χ3n) is 9.63. The lowest BCUT2D eigenvalue weighted by atomic mass is 10.1. The highest BCUT2D eigenvalue weighted by atomic mass is 16.6. The molecule has 0 saturated heterocycles. The number of carbonyl (C=O) groups is 3. The van der Waals surface area contributed by atoms with Gasteiger partial charge in [0.15, 0.2) is 6.10 Å². The number of unbranched alkanes of at least 4 members (excludes halogenated alkanes) is 16. The number of hydrogen-bond donors (Lipinski definition) is 0. The molecule has 0 spiro atoms. The van der Waals surface area contributed by atoms with Crippen LogP contribution in [0.3, 0.4) is 0 Å². The van der Waals surface area contributed by atoms with Gasteiger partial charge in [-0.3, -0.25) is 14.4 Å². The maximum atomic E-state index is 12.7. The van der Waals surface area contributed by atoms with Crippen LogP contribution in [0.4, 0.5) is 0 Å². The molecule has 6 nitrogen and oxygen atoms in total. The lowest BCUT2D eigenvalue weighted by molar-refractivity contribution is -0.166. The zero-order valence-corrected chi connectivity index (χ0v) is 38.9. The summed E-state index contributed by atoms with van der Waals surface area (Å²) in [6, 6.07) is 0. The van der Waals surface area contributed by atoms with Gasteiger partial charge in [0.1, 0.15) is 13.2 Å². The van der Waals surface area contributed by atoms with Crippen molar-refractivity contribution in [3.8, 4) is 0 Å². The van der Waals surface area contributed by atoms with E-state index in [9.17, 15) is 14.4 Å². The molecule has 0 radical (unpaired) electrons. The van der Waals surface area contributed by atoms with Crippen LogP contribution in [0, 0.1) is 0 Å². The Morgan fingerprint density at radius 2 is 0.754 bits per heavy atom. The van der Waals surface area contributed by atoms with Crippen LogP contribution < -0.4 is 0 Å². The molecule has 61 heavy (non-hydrogen) atoms. The van der Waals surface area contributed by atoms with E-state index in [-0.39, 0.29) is 38.0 Å². The maximum absolute atomic E-state index is 12.7. The van der Waals surface area contributed by atoms with Crippen molar-refractivity contribution < 1.29 is 28.6 Å². The van der Waals surface area contributed by atoms with Crippen LogP contribution in [0.2, 0.25) is 0 Å². The van der Waals surface area contributed by atoms with Crippen LogP contribution in [0.25, 0.3) is 0 Å². The Kier molecular flexibility index (Phi) is 45.1. The van der Waals surface area contributed by atoms with Crippen molar-refractivity contribution in [2.24, 2.45) is 0 Å². The first-order chi connectivity index (χ1) is 30.0. The fourth-order valence-electron chi connectivity index (χ4n) is 5.99. The Balaban J connectivity index is 4.57. The smallest absolute Gasteiger partial charge is 0.306 e. The minimum atomic E-state index is -0.832. The van der Waals surface area contributed by atoms with Crippen molar-refractivity contribution in [1.29, 1.82) is 0 Å². The van der Waals surface area contributed by atoms with Crippen LogP contribution in [-0.2, 0) is 28.6 Å². The van der Waals surface area contributed by atoms with Gasteiger partial charge in [-0.15, -0.1) is 0 Å². The van der Waals surface area contributed by atoms with E-state index < -0.39 is 12.1 Å². The van der Waals surface area contributed by atoms with Crippen LogP contribution in [-0.4, -0.2) is 37.2 Å². The molecule has 0 aromatic carbocycles. The molecule has 342 valence electrons. The molecule has 0 saturated carbocycles. The van der Waals surface area contributed by atoms with Gasteiger partial charge in [-0.1, -0.05) is 213 Å². The highest BCUT2D eigenvalue weighted by Crippen LogP contribution is 2.11. The summed E-state index contributed by atoms with van der Waals surface area (Å²) in [4.78, 5) is 37.8. The fourth-order valence-corrected chi connectivity index (χ4v) is 5.99. The molecule has 0 heterocycles. The second kappa shape index (κ2) is 48.5. The lowest BCUT2D eigenvalue weighted by Crippen LogP contribution is -2.30. The second-order valence-corrected chi connectivity index (χ2v) is 15.5. The molecule has 0 amide bonds. The van der Waals surface area contributed by atoms with Gasteiger partial charge in [-0.25, -0.2) is 0 Å². The zero-order chi connectivity index (χ0) is 44.4. The normalized spacial score (nSPS) is 13.2. The quantitative estimate of drug-likeness (QED) is 0.0201. The molecule has 0 bridgehead atoms. The van der Waals surface area contributed by atoms with E-state index in [1.54, 1.807) is 0 Å². The summed E-state index contributed by atoms with van der Waals surface area (Å²) in [6.07, 6.45) is 66.2. The predicted octanol–water partition coefficient (Wildman–Crippen LogP) is 15.7. The zero-order valence-electron chi connectivity index (χ0n) is 38.9. The van der Waals surface area contributed by atoms with Crippen LogP contribution in [0.5, 0.6) is 0 Å².